The molecule has 0 saturated carbocycles. The fourth-order valence-corrected chi connectivity index (χ4v) is 2.29. The summed E-state index contributed by atoms with van der Waals surface area (Å²) in [6.45, 7) is 1.69. The van der Waals surface area contributed by atoms with Crippen LogP contribution in [0.3, 0.4) is 0 Å². The standard InChI is InChI=1S/C14H19N3O3/c1-15-14(20)12-9-16-6-7-17(12)13(19)8-10-2-4-11(18)5-3-10/h2-5,12,16,18H,6-9H2,1H3,(H,15,20). The first kappa shape index (κ1) is 14.3. The molecule has 0 spiro atoms. The van der Waals surface area contributed by atoms with Crippen LogP contribution >= 0.6 is 0 Å². The molecule has 108 valence electrons. The number of benzene rings is 1. The Hall–Kier alpha value is -2.08. The Morgan fingerprint density at radius 3 is 2.75 bits per heavy atom. The van der Waals surface area contributed by atoms with Crippen molar-refractivity contribution in [2.75, 3.05) is 26.7 Å². The van der Waals surface area contributed by atoms with Gasteiger partial charge in [-0.05, 0) is 17.7 Å². The van der Waals surface area contributed by atoms with Crippen LogP contribution in [0.2, 0.25) is 0 Å². The van der Waals surface area contributed by atoms with Gasteiger partial charge in [0.25, 0.3) is 0 Å². The summed E-state index contributed by atoms with van der Waals surface area (Å²) in [5, 5.41) is 14.9. The zero-order valence-electron chi connectivity index (χ0n) is 11.4. The number of rotatable bonds is 3. The predicted octanol–water partition coefficient (Wildman–Crippen LogP) is -0.519. The van der Waals surface area contributed by atoms with Gasteiger partial charge in [0.05, 0.1) is 6.42 Å². The van der Waals surface area contributed by atoms with Crippen molar-refractivity contribution in [3.8, 4) is 5.75 Å². The summed E-state index contributed by atoms with van der Waals surface area (Å²) in [5.74, 6) is -0.0614. The molecule has 0 radical (unpaired) electrons. The van der Waals surface area contributed by atoms with Gasteiger partial charge in [0, 0.05) is 26.7 Å². The molecule has 6 heteroatoms. The van der Waals surface area contributed by atoms with E-state index in [1.54, 1.807) is 36.2 Å². The second-order valence-electron chi connectivity index (χ2n) is 4.76. The normalized spacial score (nSPS) is 18.6. The quantitative estimate of drug-likeness (QED) is 0.694. The first-order valence-electron chi connectivity index (χ1n) is 6.61. The number of carbonyl (C=O) groups is 2. The number of phenols is 1. The minimum atomic E-state index is -0.460. The topological polar surface area (TPSA) is 81.7 Å². The van der Waals surface area contributed by atoms with Crippen LogP contribution in [0, 0.1) is 0 Å². The van der Waals surface area contributed by atoms with Gasteiger partial charge in [-0.3, -0.25) is 9.59 Å². The van der Waals surface area contributed by atoms with E-state index in [1.807, 2.05) is 0 Å². The van der Waals surface area contributed by atoms with E-state index in [9.17, 15) is 14.7 Å². The van der Waals surface area contributed by atoms with Gasteiger partial charge < -0.3 is 20.6 Å². The number of phenolic OH excluding ortho intramolecular Hbond substituents is 1. The summed E-state index contributed by atoms with van der Waals surface area (Å²) in [4.78, 5) is 25.8. The third-order valence-corrected chi connectivity index (χ3v) is 3.40. The molecule has 2 rings (SSSR count). The van der Waals surface area contributed by atoms with Crippen molar-refractivity contribution in [1.29, 1.82) is 0 Å². The fraction of sp³-hybridized carbons (Fsp3) is 0.429. The number of hydrogen-bond donors (Lipinski definition) is 3. The molecule has 2 amide bonds. The Morgan fingerprint density at radius 1 is 1.40 bits per heavy atom. The van der Waals surface area contributed by atoms with E-state index in [1.165, 1.54) is 0 Å². The van der Waals surface area contributed by atoms with Crippen LogP contribution in [-0.4, -0.2) is 54.5 Å². The molecule has 1 saturated heterocycles. The average molecular weight is 277 g/mol. The predicted molar refractivity (Wildman–Crippen MR) is 74.2 cm³/mol. The Balaban J connectivity index is 2.05. The summed E-state index contributed by atoms with van der Waals surface area (Å²) in [6.07, 6.45) is 0.230. The lowest BCUT2D eigenvalue weighted by Crippen LogP contribution is -2.59. The monoisotopic (exact) mass is 277 g/mol. The van der Waals surface area contributed by atoms with Crippen LogP contribution in [0.1, 0.15) is 5.56 Å². The van der Waals surface area contributed by atoms with E-state index >= 15 is 0 Å². The Labute approximate surface area is 117 Å². The highest BCUT2D eigenvalue weighted by atomic mass is 16.3. The van der Waals surface area contributed by atoms with Crippen molar-refractivity contribution in [1.82, 2.24) is 15.5 Å². The third kappa shape index (κ3) is 3.27. The number of nitrogens with zero attached hydrogens (tertiary/aromatic N) is 1. The molecule has 1 unspecified atom stereocenters. The largest absolute Gasteiger partial charge is 0.508 e. The van der Waals surface area contributed by atoms with Crippen LogP contribution < -0.4 is 10.6 Å². The minimum absolute atomic E-state index is 0.0780. The van der Waals surface area contributed by atoms with E-state index in [0.717, 1.165) is 5.56 Å². The molecule has 1 heterocycles. The van der Waals surface area contributed by atoms with E-state index in [-0.39, 0.29) is 24.0 Å². The first-order valence-corrected chi connectivity index (χ1v) is 6.61. The number of nitrogens with one attached hydrogen (secondary N) is 2. The van der Waals surface area contributed by atoms with Gasteiger partial charge in [0.15, 0.2) is 0 Å². The summed E-state index contributed by atoms with van der Waals surface area (Å²) in [7, 11) is 1.57. The number of amides is 2. The van der Waals surface area contributed by atoms with E-state index in [2.05, 4.69) is 10.6 Å². The molecule has 6 nitrogen and oxygen atoms in total. The fourth-order valence-electron chi connectivity index (χ4n) is 2.29. The van der Waals surface area contributed by atoms with Gasteiger partial charge in [0.1, 0.15) is 11.8 Å². The van der Waals surface area contributed by atoms with Crippen molar-refractivity contribution in [3.05, 3.63) is 29.8 Å². The van der Waals surface area contributed by atoms with Crippen molar-refractivity contribution >= 4 is 11.8 Å². The highest BCUT2D eigenvalue weighted by Gasteiger charge is 2.31. The summed E-state index contributed by atoms with van der Waals surface area (Å²) >= 11 is 0. The number of hydrogen-bond acceptors (Lipinski definition) is 4. The van der Waals surface area contributed by atoms with Crippen LogP contribution in [-0.2, 0) is 16.0 Å². The molecule has 1 aromatic rings. The molecule has 1 fully saturated rings. The molecular formula is C14H19N3O3. The molecule has 20 heavy (non-hydrogen) atoms. The Morgan fingerprint density at radius 2 is 2.10 bits per heavy atom. The third-order valence-electron chi connectivity index (χ3n) is 3.40. The highest BCUT2D eigenvalue weighted by Crippen LogP contribution is 2.12. The number of piperazine rings is 1. The second-order valence-corrected chi connectivity index (χ2v) is 4.76. The molecule has 1 aromatic carbocycles. The number of carbonyl (C=O) groups excluding carboxylic acids is 2. The molecule has 0 aromatic heterocycles. The van der Waals surface area contributed by atoms with Gasteiger partial charge in [-0.25, -0.2) is 0 Å². The van der Waals surface area contributed by atoms with Crippen molar-refractivity contribution in [2.24, 2.45) is 0 Å². The van der Waals surface area contributed by atoms with Crippen LogP contribution in [0.4, 0.5) is 0 Å². The van der Waals surface area contributed by atoms with Crippen molar-refractivity contribution in [3.63, 3.8) is 0 Å². The minimum Gasteiger partial charge on any atom is -0.508 e. The summed E-state index contributed by atoms with van der Waals surface area (Å²) in [5.41, 5.74) is 0.821. The molecular weight excluding hydrogens is 258 g/mol. The maximum Gasteiger partial charge on any atom is 0.243 e. The smallest absolute Gasteiger partial charge is 0.243 e. The number of aromatic hydroxyl groups is 1. The lowest BCUT2D eigenvalue weighted by Gasteiger charge is -2.35. The van der Waals surface area contributed by atoms with Crippen molar-refractivity contribution in [2.45, 2.75) is 12.5 Å². The van der Waals surface area contributed by atoms with E-state index in [0.29, 0.717) is 19.6 Å². The van der Waals surface area contributed by atoms with Gasteiger partial charge in [-0.15, -0.1) is 0 Å². The Bertz CT molecular complexity index is 487. The maximum absolute atomic E-state index is 12.3. The molecule has 1 aliphatic heterocycles. The number of likely N-dealkylation sites (N-methyl/N-ethyl adjacent to an activating group) is 1. The summed E-state index contributed by atoms with van der Waals surface area (Å²) in [6, 6.07) is 6.07. The lowest BCUT2D eigenvalue weighted by atomic mass is 10.1. The Kier molecular flexibility index (Phi) is 4.57. The van der Waals surface area contributed by atoms with Crippen LogP contribution in [0.25, 0.3) is 0 Å². The maximum atomic E-state index is 12.3. The summed E-state index contributed by atoms with van der Waals surface area (Å²) < 4.78 is 0. The molecule has 1 aliphatic rings. The second kappa shape index (κ2) is 6.38. The zero-order chi connectivity index (χ0) is 14.5. The average Bonchev–Trinajstić information content (AvgIpc) is 2.48. The molecule has 0 bridgehead atoms. The zero-order valence-corrected chi connectivity index (χ0v) is 11.4. The molecule has 0 aliphatic carbocycles. The van der Waals surface area contributed by atoms with Gasteiger partial charge in [0.2, 0.25) is 11.8 Å². The first-order chi connectivity index (χ1) is 9.61. The SMILES string of the molecule is CNC(=O)C1CNCCN1C(=O)Cc1ccc(O)cc1. The van der Waals surface area contributed by atoms with Gasteiger partial charge in [-0.1, -0.05) is 12.1 Å². The van der Waals surface area contributed by atoms with Gasteiger partial charge in [-0.2, -0.15) is 0 Å². The van der Waals surface area contributed by atoms with Crippen LogP contribution in [0.15, 0.2) is 24.3 Å². The molecule has 3 N–H and O–H groups in total. The van der Waals surface area contributed by atoms with E-state index in [4.69, 9.17) is 0 Å². The van der Waals surface area contributed by atoms with E-state index < -0.39 is 6.04 Å². The lowest BCUT2D eigenvalue weighted by molar-refractivity contribution is -0.140. The van der Waals surface area contributed by atoms with Crippen molar-refractivity contribution < 1.29 is 14.7 Å². The van der Waals surface area contributed by atoms with Crippen LogP contribution in [0.5, 0.6) is 5.75 Å². The van der Waals surface area contributed by atoms with Gasteiger partial charge >= 0.3 is 0 Å². The highest BCUT2D eigenvalue weighted by molar-refractivity contribution is 5.88. The molecule has 1 atom stereocenters.